The topological polar surface area (TPSA) is 72.7 Å². The summed E-state index contributed by atoms with van der Waals surface area (Å²) in [7, 11) is 0. The predicted molar refractivity (Wildman–Crippen MR) is 85.0 cm³/mol. The maximum absolute atomic E-state index is 11.7. The molecule has 0 bridgehead atoms. The minimum Gasteiger partial charge on any atom is -0.293 e. The van der Waals surface area contributed by atoms with Gasteiger partial charge >= 0.3 is 5.69 Å². The van der Waals surface area contributed by atoms with Crippen molar-refractivity contribution in [3.63, 3.8) is 0 Å². The number of halogens is 1. The average Bonchev–Trinajstić information content (AvgIpc) is 2.86. The van der Waals surface area contributed by atoms with Gasteiger partial charge in [-0.25, -0.2) is 4.79 Å². The standard InChI is InChI=1S/C13H17IN4O2/c1-3-10(4-2)18-6-5-9(16-18)7-17-8-11(14)12(19)15-13(17)20/h5-6,8,10H,3-4,7H2,1-2H3,(H,15,19,20). The van der Waals surface area contributed by atoms with Gasteiger partial charge in [-0.2, -0.15) is 5.10 Å². The lowest BCUT2D eigenvalue weighted by atomic mass is 10.2. The first-order chi connectivity index (χ1) is 9.55. The third-order valence-corrected chi connectivity index (χ3v) is 4.05. The van der Waals surface area contributed by atoms with E-state index in [1.165, 1.54) is 4.57 Å². The van der Waals surface area contributed by atoms with Gasteiger partial charge in [-0.05, 0) is 41.5 Å². The van der Waals surface area contributed by atoms with Crippen LogP contribution in [0.2, 0.25) is 0 Å². The number of hydrogen-bond acceptors (Lipinski definition) is 3. The Morgan fingerprint density at radius 1 is 1.35 bits per heavy atom. The molecule has 0 amide bonds. The van der Waals surface area contributed by atoms with Gasteiger partial charge < -0.3 is 0 Å². The zero-order valence-electron chi connectivity index (χ0n) is 11.5. The maximum Gasteiger partial charge on any atom is 0.328 e. The van der Waals surface area contributed by atoms with Crippen molar-refractivity contribution in [1.29, 1.82) is 0 Å². The molecule has 7 heteroatoms. The lowest BCUT2D eigenvalue weighted by Gasteiger charge is -2.12. The molecule has 0 saturated heterocycles. The van der Waals surface area contributed by atoms with Crippen molar-refractivity contribution in [3.05, 3.63) is 48.6 Å². The maximum atomic E-state index is 11.7. The molecule has 0 aliphatic heterocycles. The van der Waals surface area contributed by atoms with E-state index in [9.17, 15) is 9.59 Å². The Bertz CT molecular complexity index is 697. The quantitative estimate of drug-likeness (QED) is 0.794. The van der Waals surface area contributed by atoms with Crippen LogP contribution in [0.25, 0.3) is 0 Å². The molecule has 0 atom stereocenters. The first-order valence-corrected chi connectivity index (χ1v) is 7.66. The summed E-state index contributed by atoms with van der Waals surface area (Å²) in [4.78, 5) is 25.3. The predicted octanol–water partition coefficient (Wildman–Crippen LogP) is 1.75. The van der Waals surface area contributed by atoms with Crippen LogP contribution < -0.4 is 11.2 Å². The minimum absolute atomic E-state index is 0.352. The summed E-state index contributed by atoms with van der Waals surface area (Å²) in [5, 5.41) is 4.50. The number of aromatic nitrogens is 4. The second-order valence-electron chi connectivity index (χ2n) is 4.62. The van der Waals surface area contributed by atoms with Crippen LogP contribution in [0.3, 0.4) is 0 Å². The second kappa shape index (κ2) is 6.38. The zero-order chi connectivity index (χ0) is 14.7. The number of hydrogen-bond donors (Lipinski definition) is 1. The lowest BCUT2D eigenvalue weighted by molar-refractivity contribution is 0.424. The average molecular weight is 388 g/mol. The molecule has 108 valence electrons. The van der Waals surface area contributed by atoms with E-state index in [1.807, 2.05) is 39.5 Å². The smallest absolute Gasteiger partial charge is 0.293 e. The van der Waals surface area contributed by atoms with Crippen molar-refractivity contribution >= 4 is 22.6 Å². The first kappa shape index (κ1) is 15.0. The molecule has 0 unspecified atom stereocenters. The molecular formula is C13H17IN4O2. The Labute approximate surface area is 130 Å². The zero-order valence-corrected chi connectivity index (χ0v) is 13.6. The summed E-state index contributed by atoms with van der Waals surface area (Å²) in [5.41, 5.74) is 0.0451. The largest absolute Gasteiger partial charge is 0.328 e. The number of aromatic amines is 1. The monoisotopic (exact) mass is 388 g/mol. The van der Waals surface area contributed by atoms with Gasteiger partial charge in [-0.1, -0.05) is 13.8 Å². The summed E-state index contributed by atoms with van der Waals surface area (Å²) in [6, 6.07) is 2.29. The number of rotatable bonds is 5. The Hall–Kier alpha value is -1.38. The Balaban J connectivity index is 2.25. The van der Waals surface area contributed by atoms with E-state index in [0.29, 0.717) is 16.2 Å². The summed E-state index contributed by atoms with van der Waals surface area (Å²) in [6.45, 7) is 4.62. The van der Waals surface area contributed by atoms with Crippen LogP contribution in [-0.2, 0) is 6.54 Å². The second-order valence-corrected chi connectivity index (χ2v) is 5.78. The Morgan fingerprint density at radius 2 is 2.05 bits per heavy atom. The molecule has 0 radical (unpaired) electrons. The summed E-state index contributed by atoms with van der Waals surface area (Å²) in [5.74, 6) is 0. The molecule has 0 aliphatic carbocycles. The van der Waals surface area contributed by atoms with E-state index in [4.69, 9.17) is 0 Å². The molecule has 0 fully saturated rings. The molecular weight excluding hydrogens is 371 g/mol. The third-order valence-electron chi connectivity index (χ3n) is 3.28. The van der Waals surface area contributed by atoms with Crippen LogP contribution >= 0.6 is 22.6 Å². The van der Waals surface area contributed by atoms with Gasteiger partial charge in [0, 0.05) is 12.4 Å². The van der Waals surface area contributed by atoms with Gasteiger partial charge in [-0.15, -0.1) is 0 Å². The highest BCUT2D eigenvalue weighted by Crippen LogP contribution is 2.14. The number of H-pyrrole nitrogens is 1. The molecule has 20 heavy (non-hydrogen) atoms. The molecule has 0 spiro atoms. The van der Waals surface area contributed by atoms with Crippen LogP contribution in [0.5, 0.6) is 0 Å². The molecule has 1 N–H and O–H groups in total. The Kier molecular flexibility index (Phi) is 4.79. The SMILES string of the molecule is CCC(CC)n1ccc(Cn2cc(I)c(=O)[nH]c2=O)n1. The Morgan fingerprint density at radius 3 is 2.70 bits per heavy atom. The molecule has 2 rings (SSSR count). The van der Waals surface area contributed by atoms with Crippen molar-refractivity contribution < 1.29 is 0 Å². The number of nitrogens with one attached hydrogen (secondary N) is 1. The van der Waals surface area contributed by atoms with Crippen molar-refractivity contribution in [2.24, 2.45) is 0 Å². The van der Waals surface area contributed by atoms with Gasteiger partial charge in [0.15, 0.2) is 0 Å². The normalized spacial score (nSPS) is 11.2. The third kappa shape index (κ3) is 3.20. The number of nitrogens with zero attached hydrogens (tertiary/aromatic N) is 3. The fourth-order valence-electron chi connectivity index (χ4n) is 2.10. The van der Waals surface area contributed by atoms with Crippen LogP contribution in [-0.4, -0.2) is 19.3 Å². The van der Waals surface area contributed by atoms with E-state index in [-0.39, 0.29) is 5.56 Å². The molecule has 2 heterocycles. The molecule has 0 aliphatic rings. The van der Waals surface area contributed by atoms with Gasteiger partial charge in [-0.3, -0.25) is 19.0 Å². The van der Waals surface area contributed by atoms with Crippen molar-refractivity contribution in [3.8, 4) is 0 Å². The fraction of sp³-hybridized carbons (Fsp3) is 0.462. The fourth-order valence-corrected chi connectivity index (χ4v) is 2.57. The summed E-state index contributed by atoms with van der Waals surface area (Å²) in [6.07, 6.45) is 5.54. The summed E-state index contributed by atoms with van der Waals surface area (Å²) < 4.78 is 3.89. The van der Waals surface area contributed by atoms with Gasteiger partial charge in [0.1, 0.15) is 0 Å². The van der Waals surface area contributed by atoms with E-state index >= 15 is 0 Å². The highest BCUT2D eigenvalue weighted by atomic mass is 127. The van der Waals surface area contributed by atoms with E-state index in [1.54, 1.807) is 6.20 Å². The van der Waals surface area contributed by atoms with Crippen molar-refractivity contribution in [2.45, 2.75) is 39.3 Å². The van der Waals surface area contributed by atoms with Gasteiger partial charge in [0.25, 0.3) is 5.56 Å². The van der Waals surface area contributed by atoms with Crippen LogP contribution in [0.15, 0.2) is 28.0 Å². The lowest BCUT2D eigenvalue weighted by Crippen LogP contribution is -2.31. The molecule has 2 aromatic rings. The van der Waals surface area contributed by atoms with Crippen molar-refractivity contribution in [2.75, 3.05) is 0 Å². The van der Waals surface area contributed by atoms with Crippen LogP contribution in [0.1, 0.15) is 38.4 Å². The molecule has 6 nitrogen and oxygen atoms in total. The van der Waals surface area contributed by atoms with Gasteiger partial charge in [0.05, 0.1) is 21.9 Å². The molecule has 2 aromatic heterocycles. The van der Waals surface area contributed by atoms with E-state index in [0.717, 1.165) is 18.5 Å². The van der Waals surface area contributed by atoms with Crippen LogP contribution in [0, 0.1) is 3.57 Å². The van der Waals surface area contributed by atoms with E-state index < -0.39 is 5.69 Å². The molecule has 0 saturated carbocycles. The van der Waals surface area contributed by atoms with Crippen molar-refractivity contribution in [1.82, 2.24) is 19.3 Å². The first-order valence-electron chi connectivity index (χ1n) is 6.58. The van der Waals surface area contributed by atoms with Gasteiger partial charge in [0.2, 0.25) is 0 Å². The minimum atomic E-state index is -0.410. The van der Waals surface area contributed by atoms with E-state index in [2.05, 4.69) is 23.9 Å². The van der Waals surface area contributed by atoms with Crippen LogP contribution in [0.4, 0.5) is 0 Å². The highest BCUT2D eigenvalue weighted by Gasteiger charge is 2.09. The highest BCUT2D eigenvalue weighted by molar-refractivity contribution is 14.1. The summed E-state index contributed by atoms with van der Waals surface area (Å²) >= 11 is 1.91. The molecule has 0 aromatic carbocycles.